The number of thioether (sulfide) groups is 1. The van der Waals surface area contributed by atoms with Crippen LogP contribution in [0.1, 0.15) is 24.8 Å². The van der Waals surface area contributed by atoms with Gasteiger partial charge in [-0.3, -0.25) is 9.36 Å². The maximum atomic E-state index is 13.8. The van der Waals surface area contributed by atoms with E-state index >= 15 is 0 Å². The van der Waals surface area contributed by atoms with Crippen molar-refractivity contribution in [2.24, 2.45) is 5.92 Å². The summed E-state index contributed by atoms with van der Waals surface area (Å²) in [6.45, 7) is 0.695. The molecule has 2 aromatic carbocycles. The molecule has 1 fully saturated rings. The van der Waals surface area contributed by atoms with Crippen LogP contribution in [-0.4, -0.2) is 27.0 Å². The van der Waals surface area contributed by atoms with Crippen LogP contribution in [0.2, 0.25) is 0 Å². The van der Waals surface area contributed by atoms with E-state index in [0.29, 0.717) is 43.4 Å². The van der Waals surface area contributed by atoms with Crippen molar-refractivity contribution >= 4 is 45.7 Å². The highest BCUT2D eigenvalue weighted by Gasteiger charge is 2.23. The smallest absolute Gasteiger partial charge is 0.278 e. The van der Waals surface area contributed by atoms with Crippen molar-refractivity contribution in [1.29, 1.82) is 0 Å². The largest absolute Gasteiger partial charge is 0.495 e. The molecule has 8 heteroatoms. The molecule has 1 aliphatic carbocycles. The minimum absolute atomic E-state index is 0.0878. The van der Waals surface area contributed by atoms with E-state index < -0.39 is 0 Å². The molecule has 4 aromatic rings. The lowest BCUT2D eigenvalue weighted by Gasteiger charge is -2.25. The summed E-state index contributed by atoms with van der Waals surface area (Å²) >= 11 is 8.68. The van der Waals surface area contributed by atoms with Crippen LogP contribution in [0.25, 0.3) is 16.0 Å². The highest BCUT2D eigenvalue weighted by atomic mass is 32.2. The van der Waals surface area contributed by atoms with Gasteiger partial charge in [0.1, 0.15) is 10.4 Å². The first-order chi connectivity index (χ1) is 16.2. The molecule has 0 aliphatic heterocycles. The second kappa shape index (κ2) is 9.83. The number of thiazole rings is 1. The van der Waals surface area contributed by atoms with Crippen molar-refractivity contribution in [3.8, 4) is 11.4 Å². The van der Waals surface area contributed by atoms with Gasteiger partial charge in [-0.05, 0) is 55.1 Å². The number of benzene rings is 2. The van der Waals surface area contributed by atoms with Gasteiger partial charge in [-0.25, -0.2) is 4.98 Å². The summed E-state index contributed by atoms with van der Waals surface area (Å²) in [4.78, 5) is 18.8. The first-order valence-corrected chi connectivity index (χ1v) is 13.3. The number of rotatable bonds is 8. The number of para-hydroxylation sites is 2. The molecule has 0 amide bonds. The van der Waals surface area contributed by atoms with E-state index in [0.717, 1.165) is 12.2 Å². The standard InChI is InChI=1S/C25H25N3O2S3/c1-30-20-13-6-5-12-19(20)28-23(29)21-22(26-24(28)32-16-18-10-7-11-18)27(25(31)33-21)15-14-17-8-3-2-4-9-17/h2-6,8-9,12-13,18H,7,10-11,14-16H2,1H3. The van der Waals surface area contributed by atoms with Gasteiger partial charge in [0, 0.05) is 12.3 Å². The first-order valence-electron chi connectivity index (χ1n) is 11.1. The van der Waals surface area contributed by atoms with Gasteiger partial charge in [0.15, 0.2) is 14.8 Å². The quantitative estimate of drug-likeness (QED) is 0.167. The molecule has 0 saturated heterocycles. The van der Waals surface area contributed by atoms with E-state index in [-0.39, 0.29) is 5.56 Å². The normalized spacial score (nSPS) is 13.8. The molecule has 33 heavy (non-hydrogen) atoms. The van der Waals surface area contributed by atoms with Crippen LogP contribution in [0.4, 0.5) is 0 Å². The van der Waals surface area contributed by atoms with E-state index in [1.807, 2.05) is 47.0 Å². The summed E-state index contributed by atoms with van der Waals surface area (Å²) in [7, 11) is 1.63. The van der Waals surface area contributed by atoms with Crippen molar-refractivity contribution in [2.75, 3.05) is 12.9 Å². The summed E-state index contributed by atoms with van der Waals surface area (Å²) in [6, 6.07) is 17.9. The first kappa shape index (κ1) is 22.4. The molecule has 0 bridgehead atoms. The minimum atomic E-state index is -0.0878. The zero-order valence-electron chi connectivity index (χ0n) is 18.4. The minimum Gasteiger partial charge on any atom is -0.495 e. The number of aryl methyl sites for hydroxylation is 2. The Labute approximate surface area is 206 Å². The fourth-order valence-corrected chi connectivity index (χ4v) is 6.53. The topological polar surface area (TPSA) is 49.0 Å². The van der Waals surface area contributed by atoms with Gasteiger partial charge in [0.05, 0.1) is 12.8 Å². The van der Waals surface area contributed by atoms with Gasteiger partial charge in [-0.2, -0.15) is 0 Å². The van der Waals surface area contributed by atoms with Gasteiger partial charge in [0.2, 0.25) is 0 Å². The van der Waals surface area contributed by atoms with Crippen molar-refractivity contribution < 1.29 is 4.74 Å². The summed E-state index contributed by atoms with van der Waals surface area (Å²) in [5.41, 5.74) is 2.55. The van der Waals surface area contributed by atoms with E-state index in [9.17, 15) is 4.79 Å². The fourth-order valence-electron chi connectivity index (χ4n) is 4.03. The van der Waals surface area contributed by atoms with E-state index in [1.54, 1.807) is 23.4 Å². The molecular formula is C25H25N3O2S3. The second-order valence-electron chi connectivity index (χ2n) is 8.22. The number of ether oxygens (including phenoxy) is 1. The third-order valence-electron chi connectivity index (χ3n) is 6.12. The third-order valence-corrected chi connectivity index (χ3v) is 8.72. The van der Waals surface area contributed by atoms with E-state index in [1.165, 1.54) is 36.2 Å². The van der Waals surface area contributed by atoms with Crippen LogP contribution in [0.3, 0.4) is 0 Å². The van der Waals surface area contributed by atoms with Crippen molar-refractivity contribution in [1.82, 2.24) is 14.1 Å². The molecule has 0 spiro atoms. The van der Waals surface area contributed by atoms with Gasteiger partial charge in [-0.1, -0.05) is 72.0 Å². The van der Waals surface area contributed by atoms with E-state index in [4.69, 9.17) is 21.9 Å². The highest BCUT2D eigenvalue weighted by molar-refractivity contribution is 7.99. The zero-order valence-corrected chi connectivity index (χ0v) is 20.8. The maximum absolute atomic E-state index is 13.8. The molecule has 5 nitrogen and oxygen atoms in total. The number of methoxy groups -OCH3 is 1. The van der Waals surface area contributed by atoms with Crippen molar-refractivity contribution in [3.05, 3.63) is 74.5 Å². The average Bonchev–Trinajstić information content (AvgIpc) is 3.13. The molecular weight excluding hydrogens is 470 g/mol. The van der Waals surface area contributed by atoms with Crippen molar-refractivity contribution in [2.45, 2.75) is 37.4 Å². The summed E-state index contributed by atoms with van der Waals surface area (Å²) in [5, 5.41) is 0.699. The second-order valence-corrected chi connectivity index (χ2v) is 10.9. The Hall–Kier alpha value is -2.42. The van der Waals surface area contributed by atoms with Crippen LogP contribution in [-0.2, 0) is 13.0 Å². The Balaban J connectivity index is 1.62. The Morgan fingerprint density at radius 2 is 1.91 bits per heavy atom. The number of aromatic nitrogens is 3. The summed E-state index contributed by atoms with van der Waals surface area (Å²) in [5.74, 6) is 2.30. The van der Waals surface area contributed by atoms with Crippen LogP contribution in [0.5, 0.6) is 5.75 Å². The van der Waals surface area contributed by atoms with Gasteiger partial charge in [-0.15, -0.1) is 0 Å². The molecule has 0 atom stereocenters. The molecule has 170 valence electrons. The fraction of sp³-hybridized carbons (Fsp3) is 0.320. The Bertz CT molecular complexity index is 1390. The predicted octanol–water partition coefficient (Wildman–Crippen LogP) is 6.12. The lowest BCUT2D eigenvalue weighted by molar-refractivity contribution is 0.353. The number of fused-ring (bicyclic) bond motifs is 1. The Morgan fingerprint density at radius 3 is 2.64 bits per heavy atom. The number of nitrogens with zero attached hydrogens (tertiary/aromatic N) is 3. The molecule has 5 rings (SSSR count). The van der Waals surface area contributed by atoms with E-state index in [2.05, 4.69) is 12.1 Å². The molecule has 0 unspecified atom stereocenters. The Morgan fingerprint density at radius 1 is 1.15 bits per heavy atom. The van der Waals surface area contributed by atoms with Crippen molar-refractivity contribution in [3.63, 3.8) is 0 Å². The zero-order chi connectivity index (χ0) is 22.8. The molecule has 1 aliphatic rings. The predicted molar refractivity (Wildman–Crippen MR) is 139 cm³/mol. The van der Waals surface area contributed by atoms with Gasteiger partial charge < -0.3 is 9.30 Å². The summed E-state index contributed by atoms with van der Waals surface area (Å²) in [6.07, 6.45) is 4.63. The molecule has 0 radical (unpaired) electrons. The van der Waals surface area contributed by atoms with Crippen LogP contribution < -0.4 is 10.3 Å². The maximum Gasteiger partial charge on any atom is 0.278 e. The lowest BCUT2D eigenvalue weighted by Crippen LogP contribution is -2.23. The molecule has 2 aromatic heterocycles. The average molecular weight is 496 g/mol. The third kappa shape index (κ3) is 4.52. The number of hydrogen-bond acceptors (Lipinski definition) is 6. The highest BCUT2D eigenvalue weighted by Crippen LogP contribution is 2.34. The molecule has 1 saturated carbocycles. The van der Waals surface area contributed by atoms with Crippen LogP contribution >= 0.6 is 35.3 Å². The Kier molecular flexibility index (Phi) is 6.66. The monoisotopic (exact) mass is 495 g/mol. The van der Waals surface area contributed by atoms with Gasteiger partial charge in [0.25, 0.3) is 5.56 Å². The van der Waals surface area contributed by atoms with Gasteiger partial charge >= 0.3 is 0 Å². The SMILES string of the molecule is COc1ccccc1-n1c(SCC2CCC2)nc2c(sc(=S)n2CCc2ccccc2)c1=O. The molecule has 0 N–H and O–H groups in total. The van der Waals surface area contributed by atoms with Crippen LogP contribution in [0, 0.1) is 9.87 Å². The van der Waals surface area contributed by atoms with Crippen LogP contribution in [0.15, 0.2) is 64.5 Å². The lowest BCUT2D eigenvalue weighted by atomic mass is 9.87. The molecule has 2 heterocycles. The summed E-state index contributed by atoms with van der Waals surface area (Å²) < 4.78 is 10.6. The number of hydrogen-bond donors (Lipinski definition) is 0.